The molecule has 5 heteroatoms. The highest BCUT2D eigenvalue weighted by molar-refractivity contribution is 5.40. The summed E-state index contributed by atoms with van der Waals surface area (Å²) >= 11 is 0. The van der Waals surface area contributed by atoms with E-state index < -0.39 is 0 Å². The lowest BCUT2D eigenvalue weighted by Gasteiger charge is -2.41. The Morgan fingerprint density at radius 2 is 2.44 bits per heavy atom. The van der Waals surface area contributed by atoms with Crippen molar-refractivity contribution in [3.8, 4) is 0 Å². The molecule has 0 amide bonds. The van der Waals surface area contributed by atoms with Crippen LogP contribution in [-0.2, 0) is 0 Å². The van der Waals surface area contributed by atoms with Crippen LogP contribution in [0.1, 0.15) is 26.2 Å². The molecule has 3 N–H and O–H groups in total. The summed E-state index contributed by atoms with van der Waals surface area (Å²) < 4.78 is 0. The van der Waals surface area contributed by atoms with Crippen LogP contribution in [0, 0.1) is 0 Å². The third kappa shape index (κ3) is 2.09. The van der Waals surface area contributed by atoms with Crippen LogP contribution in [0.3, 0.4) is 0 Å². The number of piperidine rings is 1. The summed E-state index contributed by atoms with van der Waals surface area (Å²) in [5.74, 6) is 0.742. The Bertz CT molecular complexity index is 403. The molecule has 1 aromatic rings. The number of anilines is 1. The molecule has 2 atom stereocenters. The molecule has 0 bridgehead atoms. The fraction of sp³-hybridized carbons (Fsp3) is 0.636. The first-order chi connectivity index (χ1) is 7.72. The Morgan fingerprint density at radius 1 is 1.62 bits per heavy atom. The van der Waals surface area contributed by atoms with Gasteiger partial charge in [0.1, 0.15) is 5.82 Å². The van der Waals surface area contributed by atoms with Crippen LogP contribution in [0.15, 0.2) is 17.2 Å². The van der Waals surface area contributed by atoms with Gasteiger partial charge in [0.05, 0.1) is 6.33 Å². The van der Waals surface area contributed by atoms with E-state index in [0.29, 0.717) is 18.6 Å². The Kier molecular flexibility index (Phi) is 3.24. The van der Waals surface area contributed by atoms with Gasteiger partial charge in [0.15, 0.2) is 0 Å². The van der Waals surface area contributed by atoms with Gasteiger partial charge in [-0.2, -0.15) is 0 Å². The van der Waals surface area contributed by atoms with E-state index in [-0.39, 0.29) is 5.56 Å². The Morgan fingerprint density at radius 3 is 3.12 bits per heavy atom. The largest absolute Gasteiger partial charge is 0.349 e. The number of hydrogen-bond donors (Lipinski definition) is 2. The molecule has 0 spiro atoms. The number of rotatable bonds is 2. The molecule has 0 radical (unpaired) electrons. The van der Waals surface area contributed by atoms with Gasteiger partial charge in [-0.05, 0) is 26.2 Å². The van der Waals surface area contributed by atoms with Crippen LogP contribution in [-0.4, -0.2) is 28.6 Å². The van der Waals surface area contributed by atoms with Gasteiger partial charge in [-0.3, -0.25) is 4.79 Å². The summed E-state index contributed by atoms with van der Waals surface area (Å²) in [7, 11) is 0. The highest BCUT2D eigenvalue weighted by Gasteiger charge is 2.27. The third-order valence-corrected chi connectivity index (χ3v) is 3.23. The zero-order valence-corrected chi connectivity index (χ0v) is 9.52. The molecular weight excluding hydrogens is 204 g/mol. The zero-order chi connectivity index (χ0) is 11.5. The van der Waals surface area contributed by atoms with Crippen molar-refractivity contribution in [1.29, 1.82) is 0 Å². The van der Waals surface area contributed by atoms with Crippen molar-refractivity contribution < 1.29 is 0 Å². The summed E-state index contributed by atoms with van der Waals surface area (Å²) in [6.07, 6.45) is 4.86. The minimum atomic E-state index is -0.112. The van der Waals surface area contributed by atoms with Gasteiger partial charge in [0.2, 0.25) is 0 Å². The maximum absolute atomic E-state index is 11.3. The van der Waals surface area contributed by atoms with Crippen LogP contribution in [0.25, 0.3) is 0 Å². The van der Waals surface area contributed by atoms with E-state index in [1.54, 1.807) is 6.07 Å². The van der Waals surface area contributed by atoms with Crippen molar-refractivity contribution in [3.05, 3.63) is 22.7 Å². The van der Waals surface area contributed by atoms with Gasteiger partial charge in [-0.1, -0.05) is 0 Å². The van der Waals surface area contributed by atoms with Crippen LogP contribution in [0.2, 0.25) is 0 Å². The molecule has 16 heavy (non-hydrogen) atoms. The van der Waals surface area contributed by atoms with E-state index in [9.17, 15) is 4.79 Å². The number of nitrogens with one attached hydrogen (secondary N) is 1. The number of hydrogen-bond acceptors (Lipinski definition) is 4. The summed E-state index contributed by atoms with van der Waals surface area (Å²) in [5, 5.41) is 0. The standard InChI is InChI=1S/C11H18N4O/c1-8-3-2-4-9(6-12)15(8)10-5-11(16)14-7-13-10/h5,7-9H,2-4,6,12H2,1H3,(H,13,14,16). The molecular formula is C11H18N4O. The second-order valence-electron chi connectivity index (χ2n) is 4.35. The molecule has 2 unspecified atom stereocenters. The molecule has 1 saturated heterocycles. The lowest BCUT2D eigenvalue weighted by Crippen LogP contribution is -2.49. The third-order valence-electron chi connectivity index (χ3n) is 3.23. The Balaban J connectivity index is 2.31. The lowest BCUT2D eigenvalue weighted by atomic mass is 9.96. The highest BCUT2D eigenvalue weighted by Crippen LogP contribution is 2.26. The van der Waals surface area contributed by atoms with Crippen molar-refractivity contribution >= 4 is 5.82 Å². The monoisotopic (exact) mass is 222 g/mol. The molecule has 0 aromatic carbocycles. The van der Waals surface area contributed by atoms with Crippen LogP contribution < -0.4 is 16.2 Å². The average molecular weight is 222 g/mol. The molecule has 5 nitrogen and oxygen atoms in total. The number of nitrogens with two attached hydrogens (primary N) is 1. The smallest absolute Gasteiger partial charge is 0.252 e. The van der Waals surface area contributed by atoms with E-state index in [4.69, 9.17) is 5.73 Å². The van der Waals surface area contributed by atoms with Crippen molar-refractivity contribution in [2.45, 2.75) is 38.3 Å². The van der Waals surface area contributed by atoms with Crippen molar-refractivity contribution in [2.75, 3.05) is 11.4 Å². The van der Waals surface area contributed by atoms with Crippen LogP contribution in [0.5, 0.6) is 0 Å². The van der Waals surface area contributed by atoms with E-state index in [1.165, 1.54) is 12.7 Å². The molecule has 0 saturated carbocycles. The molecule has 2 heterocycles. The molecule has 1 fully saturated rings. The molecule has 2 rings (SSSR count). The maximum atomic E-state index is 11.3. The van der Waals surface area contributed by atoms with Crippen LogP contribution >= 0.6 is 0 Å². The van der Waals surface area contributed by atoms with E-state index in [0.717, 1.165) is 18.7 Å². The normalized spacial score (nSPS) is 25.8. The fourth-order valence-corrected chi connectivity index (χ4v) is 2.43. The number of aromatic amines is 1. The number of H-pyrrole nitrogens is 1. The molecule has 1 aliphatic rings. The highest BCUT2D eigenvalue weighted by atomic mass is 16.1. The zero-order valence-electron chi connectivity index (χ0n) is 9.52. The Hall–Kier alpha value is -1.36. The quantitative estimate of drug-likeness (QED) is 0.763. The first kappa shape index (κ1) is 11.1. The summed E-state index contributed by atoms with van der Waals surface area (Å²) in [4.78, 5) is 20.2. The van der Waals surface area contributed by atoms with E-state index >= 15 is 0 Å². The summed E-state index contributed by atoms with van der Waals surface area (Å²) in [6, 6.07) is 2.25. The molecule has 1 aromatic heterocycles. The molecule has 1 aliphatic heterocycles. The fourth-order valence-electron chi connectivity index (χ4n) is 2.43. The predicted molar refractivity (Wildman–Crippen MR) is 63.5 cm³/mol. The second kappa shape index (κ2) is 4.65. The SMILES string of the molecule is CC1CCCC(CN)N1c1cc(=O)[nH]cn1. The minimum absolute atomic E-state index is 0.112. The lowest BCUT2D eigenvalue weighted by molar-refractivity contribution is 0.397. The van der Waals surface area contributed by atoms with Crippen molar-refractivity contribution in [3.63, 3.8) is 0 Å². The maximum Gasteiger partial charge on any atom is 0.252 e. The van der Waals surface area contributed by atoms with Gasteiger partial charge in [-0.25, -0.2) is 4.98 Å². The van der Waals surface area contributed by atoms with Gasteiger partial charge in [-0.15, -0.1) is 0 Å². The van der Waals surface area contributed by atoms with Crippen molar-refractivity contribution in [2.24, 2.45) is 5.73 Å². The Labute approximate surface area is 94.7 Å². The van der Waals surface area contributed by atoms with Gasteiger partial charge in [0.25, 0.3) is 5.56 Å². The van der Waals surface area contributed by atoms with Crippen LogP contribution in [0.4, 0.5) is 5.82 Å². The van der Waals surface area contributed by atoms with E-state index in [2.05, 4.69) is 21.8 Å². The summed E-state index contributed by atoms with van der Waals surface area (Å²) in [5.41, 5.74) is 5.66. The first-order valence-electron chi connectivity index (χ1n) is 5.75. The van der Waals surface area contributed by atoms with Gasteiger partial charge >= 0.3 is 0 Å². The topological polar surface area (TPSA) is 75.0 Å². The number of nitrogens with zero attached hydrogens (tertiary/aromatic N) is 2. The summed E-state index contributed by atoms with van der Waals surface area (Å²) in [6.45, 7) is 2.77. The molecule has 0 aliphatic carbocycles. The van der Waals surface area contributed by atoms with Crippen molar-refractivity contribution in [1.82, 2.24) is 9.97 Å². The predicted octanol–water partition coefficient (Wildman–Crippen LogP) is 0.476. The second-order valence-corrected chi connectivity index (χ2v) is 4.35. The van der Waals surface area contributed by atoms with Gasteiger partial charge < -0.3 is 15.6 Å². The minimum Gasteiger partial charge on any atom is -0.349 e. The first-order valence-corrected chi connectivity index (χ1v) is 5.75. The molecule has 88 valence electrons. The van der Waals surface area contributed by atoms with Gasteiger partial charge in [0, 0.05) is 24.7 Å². The number of aromatic nitrogens is 2. The average Bonchev–Trinajstić information content (AvgIpc) is 2.28. The van der Waals surface area contributed by atoms with E-state index in [1.807, 2.05) is 0 Å².